The van der Waals surface area contributed by atoms with Crippen LogP contribution in [0, 0.1) is 11.7 Å². The molecule has 1 aromatic carbocycles. The number of fused-ring (bicyclic) bond motifs is 1. The van der Waals surface area contributed by atoms with Crippen LogP contribution in [0.4, 0.5) is 9.18 Å². The van der Waals surface area contributed by atoms with E-state index in [1.54, 1.807) is 19.2 Å². The molecule has 31 heavy (non-hydrogen) atoms. The molecular weight excluding hydrogens is 421 g/mol. The van der Waals surface area contributed by atoms with E-state index in [1.807, 2.05) is 0 Å². The highest BCUT2D eigenvalue weighted by molar-refractivity contribution is 8.00. The molecule has 0 bridgehead atoms. The van der Waals surface area contributed by atoms with Gasteiger partial charge in [-0.05, 0) is 30.5 Å². The first-order valence-electron chi connectivity index (χ1n) is 10.6. The van der Waals surface area contributed by atoms with Gasteiger partial charge in [0.1, 0.15) is 5.82 Å². The van der Waals surface area contributed by atoms with Crippen LogP contribution in [0.15, 0.2) is 24.3 Å². The summed E-state index contributed by atoms with van der Waals surface area (Å²) < 4.78 is 13.4. The highest BCUT2D eigenvalue weighted by atomic mass is 32.2. The molecule has 2 saturated heterocycles. The van der Waals surface area contributed by atoms with Crippen molar-refractivity contribution in [1.29, 1.82) is 0 Å². The van der Waals surface area contributed by atoms with Gasteiger partial charge in [-0.15, -0.1) is 11.8 Å². The lowest BCUT2D eigenvalue weighted by molar-refractivity contribution is -0.140. The van der Waals surface area contributed by atoms with Gasteiger partial charge in [0.2, 0.25) is 11.8 Å². The summed E-state index contributed by atoms with van der Waals surface area (Å²) in [7, 11) is 3.12. The van der Waals surface area contributed by atoms with E-state index in [-0.39, 0.29) is 35.5 Å². The van der Waals surface area contributed by atoms with Crippen LogP contribution in [0.1, 0.15) is 37.4 Å². The first kappa shape index (κ1) is 22.0. The van der Waals surface area contributed by atoms with Gasteiger partial charge in [-0.3, -0.25) is 25.1 Å². The summed E-state index contributed by atoms with van der Waals surface area (Å²) in [6.07, 6.45) is 3.35. The summed E-state index contributed by atoms with van der Waals surface area (Å²) in [6.45, 7) is 0. The predicted octanol–water partition coefficient (Wildman–Crippen LogP) is 1.60. The SMILES string of the molecule is CN1C(=O)C2C(SCC(=O)NC3CCCC3)NC(c3ccc(F)cc3)NC2N(C)C1=O. The minimum absolute atomic E-state index is 0.0480. The van der Waals surface area contributed by atoms with Gasteiger partial charge in [0.05, 0.1) is 29.4 Å². The molecule has 168 valence electrons. The molecule has 3 N–H and O–H groups in total. The molecule has 4 rings (SSSR count). The molecule has 3 fully saturated rings. The highest BCUT2D eigenvalue weighted by Crippen LogP contribution is 2.34. The maximum atomic E-state index is 13.4. The predicted molar refractivity (Wildman–Crippen MR) is 115 cm³/mol. The number of carbonyl (C=O) groups is 3. The minimum Gasteiger partial charge on any atom is -0.353 e. The summed E-state index contributed by atoms with van der Waals surface area (Å²) >= 11 is 1.36. The Kier molecular flexibility index (Phi) is 6.49. The number of carbonyl (C=O) groups excluding carboxylic acids is 3. The first-order chi connectivity index (χ1) is 14.8. The van der Waals surface area contributed by atoms with Crippen molar-refractivity contribution in [3.63, 3.8) is 0 Å². The van der Waals surface area contributed by atoms with Gasteiger partial charge in [-0.25, -0.2) is 9.18 Å². The second kappa shape index (κ2) is 9.13. The summed E-state index contributed by atoms with van der Waals surface area (Å²) in [6, 6.07) is 5.91. The van der Waals surface area contributed by atoms with E-state index in [4.69, 9.17) is 0 Å². The van der Waals surface area contributed by atoms with Crippen LogP contribution in [0.5, 0.6) is 0 Å². The number of nitrogens with zero attached hydrogens (tertiary/aromatic N) is 2. The van der Waals surface area contributed by atoms with Crippen LogP contribution in [0.2, 0.25) is 0 Å². The standard InChI is InChI=1S/C21H28FN5O3S/c1-26-18-16(20(29)27(2)21(26)30)19(31-11-15(28)23-14-5-3-4-6-14)25-17(24-18)12-7-9-13(22)10-8-12/h7-10,14,16-19,24-25H,3-6,11H2,1-2H3,(H,23,28). The number of halogens is 1. The molecule has 1 aromatic rings. The number of hydrogen-bond donors (Lipinski definition) is 3. The number of hydrogen-bond acceptors (Lipinski definition) is 6. The smallest absolute Gasteiger partial charge is 0.327 e. The summed E-state index contributed by atoms with van der Waals surface area (Å²) in [5, 5.41) is 9.37. The van der Waals surface area contributed by atoms with E-state index < -0.39 is 23.6 Å². The van der Waals surface area contributed by atoms with E-state index in [1.165, 1.54) is 35.8 Å². The van der Waals surface area contributed by atoms with Crippen molar-refractivity contribution < 1.29 is 18.8 Å². The number of nitrogens with one attached hydrogen (secondary N) is 3. The van der Waals surface area contributed by atoms with Crippen LogP contribution < -0.4 is 16.0 Å². The molecule has 4 atom stereocenters. The fourth-order valence-corrected chi connectivity index (χ4v) is 5.67. The number of urea groups is 1. The Morgan fingerprint density at radius 3 is 2.52 bits per heavy atom. The largest absolute Gasteiger partial charge is 0.353 e. The van der Waals surface area contributed by atoms with Crippen molar-refractivity contribution in [3.8, 4) is 0 Å². The van der Waals surface area contributed by atoms with E-state index in [0.29, 0.717) is 0 Å². The molecule has 1 saturated carbocycles. The lowest BCUT2D eigenvalue weighted by Gasteiger charge is -2.50. The van der Waals surface area contributed by atoms with Crippen LogP contribution >= 0.6 is 11.8 Å². The van der Waals surface area contributed by atoms with E-state index >= 15 is 0 Å². The molecule has 0 spiro atoms. The van der Waals surface area contributed by atoms with Gasteiger partial charge in [-0.2, -0.15) is 0 Å². The normalized spacial score (nSPS) is 29.3. The van der Waals surface area contributed by atoms with Crippen molar-refractivity contribution >= 4 is 29.6 Å². The Bertz CT molecular complexity index is 848. The fourth-order valence-electron chi connectivity index (χ4n) is 4.55. The summed E-state index contributed by atoms with van der Waals surface area (Å²) in [4.78, 5) is 40.6. The Balaban J connectivity index is 1.52. The fraction of sp³-hybridized carbons (Fsp3) is 0.571. The number of amides is 4. The third-order valence-corrected chi connectivity index (χ3v) is 7.49. The topological polar surface area (TPSA) is 93.8 Å². The van der Waals surface area contributed by atoms with Gasteiger partial charge in [0.15, 0.2) is 0 Å². The average molecular weight is 450 g/mol. The van der Waals surface area contributed by atoms with Gasteiger partial charge >= 0.3 is 6.03 Å². The van der Waals surface area contributed by atoms with Gasteiger partial charge in [-0.1, -0.05) is 25.0 Å². The Morgan fingerprint density at radius 1 is 1.16 bits per heavy atom. The van der Waals surface area contributed by atoms with Crippen molar-refractivity contribution in [1.82, 2.24) is 25.8 Å². The Hall–Kier alpha value is -2.17. The monoisotopic (exact) mass is 449 g/mol. The third kappa shape index (κ3) is 4.56. The summed E-state index contributed by atoms with van der Waals surface area (Å²) in [5.41, 5.74) is 0.785. The first-order valence-corrected chi connectivity index (χ1v) is 11.6. The molecule has 4 unspecified atom stereocenters. The van der Waals surface area contributed by atoms with Crippen molar-refractivity contribution in [2.75, 3.05) is 19.8 Å². The average Bonchev–Trinajstić information content (AvgIpc) is 3.27. The zero-order valence-corrected chi connectivity index (χ0v) is 18.5. The Labute approximate surface area is 185 Å². The van der Waals surface area contributed by atoms with Gasteiger partial charge in [0.25, 0.3) is 0 Å². The maximum absolute atomic E-state index is 13.4. The lowest BCUT2D eigenvalue weighted by Crippen LogP contribution is -2.72. The third-order valence-electron chi connectivity index (χ3n) is 6.27. The lowest BCUT2D eigenvalue weighted by atomic mass is 9.96. The van der Waals surface area contributed by atoms with E-state index in [2.05, 4.69) is 16.0 Å². The van der Waals surface area contributed by atoms with Crippen molar-refractivity contribution in [2.24, 2.45) is 5.92 Å². The van der Waals surface area contributed by atoms with E-state index in [0.717, 1.165) is 36.1 Å². The van der Waals surface area contributed by atoms with Gasteiger partial charge in [0, 0.05) is 20.1 Å². The van der Waals surface area contributed by atoms with Crippen LogP contribution in [0.25, 0.3) is 0 Å². The number of imide groups is 1. The molecule has 0 aromatic heterocycles. The molecular formula is C21H28FN5O3S. The molecule has 10 heteroatoms. The number of thioether (sulfide) groups is 1. The summed E-state index contributed by atoms with van der Waals surface area (Å²) in [5.74, 6) is -1.03. The Morgan fingerprint density at radius 2 is 1.84 bits per heavy atom. The van der Waals surface area contributed by atoms with Gasteiger partial charge < -0.3 is 10.2 Å². The maximum Gasteiger partial charge on any atom is 0.327 e. The van der Waals surface area contributed by atoms with Crippen LogP contribution in [0.3, 0.4) is 0 Å². The quantitative estimate of drug-likeness (QED) is 0.632. The number of rotatable bonds is 5. The van der Waals surface area contributed by atoms with Crippen molar-refractivity contribution in [3.05, 3.63) is 35.6 Å². The number of benzene rings is 1. The highest BCUT2D eigenvalue weighted by Gasteiger charge is 2.51. The van der Waals surface area contributed by atoms with Crippen LogP contribution in [-0.2, 0) is 9.59 Å². The molecule has 3 aliphatic rings. The zero-order chi connectivity index (χ0) is 22.1. The molecule has 2 aliphatic heterocycles. The van der Waals surface area contributed by atoms with E-state index in [9.17, 15) is 18.8 Å². The second-order valence-electron chi connectivity index (χ2n) is 8.36. The molecule has 1 aliphatic carbocycles. The minimum atomic E-state index is -0.561. The zero-order valence-electron chi connectivity index (χ0n) is 17.6. The molecule has 4 amide bonds. The molecule has 0 radical (unpaired) electrons. The van der Waals surface area contributed by atoms with Crippen LogP contribution in [-0.4, -0.2) is 65.1 Å². The second-order valence-corrected chi connectivity index (χ2v) is 9.49. The molecule has 8 nitrogen and oxygen atoms in total. The van der Waals surface area contributed by atoms with Crippen molar-refractivity contribution in [2.45, 2.75) is 49.4 Å². The molecule has 2 heterocycles.